The zero-order valence-corrected chi connectivity index (χ0v) is 9.56. The number of hydrogen-bond acceptors (Lipinski definition) is 1. The number of allylic oxidation sites excluding steroid dienone is 2. The molecule has 0 heterocycles. The highest BCUT2D eigenvalue weighted by Crippen LogP contribution is 2.34. The van der Waals surface area contributed by atoms with Gasteiger partial charge < -0.3 is 0 Å². The minimum Gasteiger partial charge on any atom is -0.206 e. The first-order valence-electron chi connectivity index (χ1n) is 5.71. The highest BCUT2D eigenvalue weighted by atomic mass is 19.4. The first kappa shape index (κ1) is 13.1. The number of hydrogen-bond donors (Lipinski definition) is 0. The molecule has 0 aromatic heterocycles. The van der Waals surface area contributed by atoms with Crippen molar-refractivity contribution in [2.45, 2.75) is 31.8 Å². The maximum Gasteiger partial charge on any atom is 0.413 e. The molecule has 0 amide bonds. The third kappa shape index (κ3) is 2.56. The fourth-order valence-electron chi connectivity index (χ4n) is 2.08. The van der Waals surface area contributed by atoms with E-state index >= 15 is 0 Å². The Bertz CT molecular complexity index is 468. The van der Waals surface area contributed by atoms with Crippen molar-refractivity contribution in [1.82, 2.24) is 0 Å². The van der Waals surface area contributed by atoms with Gasteiger partial charge in [0.05, 0.1) is 5.56 Å². The van der Waals surface area contributed by atoms with Gasteiger partial charge in [-0.05, 0) is 47.9 Å². The van der Waals surface area contributed by atoms with E-state index in [1.807, 2.05) is 6.08 Å². The van der Waals surface area contributed by atoms with Gasteiger partial charge in [0.25, 0.3) is 0 Å². The van der Waals surface area contributed by atoms with Crippen molar-refractivity contribution in [1.29, 1.82) is 0 Å². The summed E-state index contributed by atoms with van der Waals surface area (Å²) in [5.41, 5.74) is 0.283. The van der Waals surface area contributed by atoms with Crippen LogP contribution in [0.15, 0.2) is 24.3 Å². The molecule has 0 bridgehead atoms. The van der Waals surface area contributed by atoms with Gasteiger partial charge in [-0.15, -0.1) is 4.94 Å². The topological polar surface area (TPSA) is 9.23 Å². The average molecular weight is 260 g/mol. The number of benzene rings is 1. The highest BCUT2D eigenvalue weighted by Gasteiger charge is 2.35. The van der Waals surface area contributed by atoms with Crippen molar-refractivity contribution < 1.29 is 22.6 Å². The number of halogens is 4. The summed E-state index contributed by atoms with van der Waals surface area (Å²) in [6.45, 7) is 0. The van der Waals surface area contributed by atoms with E-state index in [4.69, 9.17) is 0 Å². The third-order valence-electron chi connectivity index (χ3n) is 3.04. The van der Waals surface area contributed by atoms with Gasteiger partial charge in [-0.3, -0.25) is 0 Å². The van der Waals surface area contributed by atoms with Gasteiger partial charge in [-0.25, -0.2) is 4.39 Å². The summed E-state index contributed by atoms with van der Waals surface area (Å²) >= 11 is 0. The molecule has 0 aliphatic heterocycles. The van der Waals surface area contributed by atoms with E-state index in [0.717, 1.165) is 37.3 Å². The van der Waals surface area contributed by atoms with Crippen LogP contribution in [0.25, 0.3) is 5.57 Å². The first-order chi connectivity index (χ1) is 8.54. The lowest BCUT2D eigenvalue weighted by atomic mass is 9.93. The van der Waals surface area contributed by atoms with Crippen LogP contribution >= 0.6 is 0 Å². The van der Waals surface area contributed by atoms with Gasteiger partial charge >= 0.3 is 6.11 Å². The van der Waals surface area contributed by atoms with Crippen LogP contribution in [0.3, 0.4) is 0 Å². The summed E-state index contributed by atoms with van der Waals surface area (Å²) in [5.74, 6) is -0.780. The second-order valence-corrected chi connectivity index (χ2v) is 4.26. The van der Waals surface area contributed by atoms with Crippen LogP contribution in [0.4, 0.5) is 17.7 Å². The zero-order valence-electron chi connectivity index (χ0n) is 9.56. The van der Waals surface area contributed by atoms with Crippen molar-refractivity contribution in [2.75, 3.05) is 0 Å². The Labute approximate surface area is 102 Å². The van der Waals surface area contributed by atoms with E-state index in [1.54, 1.807) is 0 Å². The van der Waals surface area contributed by atoms with Crippen molar-refractivity contribution in [3.8, 4) is 0 Å². The molecule has 1 aliphatic carbocycles. The normalized spacial score (nSPS) is 16.6. The van der Waals surface area contributed by atoms with Gasteiger partial charge in [0.1, 0.15) is 5.82 Å². The lowest BCUT2D eigenvalue weighted by molar-refractivity contribution is -0.364. The van der Waals surface area contributed by atoms with Crippen LogP contribution in [0.2, 0.25) is 0 Å². The molecule has 18 heavy (non-hydrogen) atoms. The molecular formula is C13H12F4O. The van der Waals surface area contributed by atoms with E-state index in [9.17, 15) is 17.7 Å². The van der Waals surface area contributed by atoms with Crippen molar-refractivity contribution in [3.63, 3.8) is 0 Å². The highest BCUT2D eigenvalue weighted by molar-refractivity contribution is 5.66. The van der Waals surface area contributed by atoms with Crippen LogP contribution in [0.1, 0.15) is 36.8 Å². The quantitative estimate of drug-likeness (QED) is 0.713. The second-order valence-electron chi connectivity index (χ2n) is 4.26. The molecule has 1 aromatic carbocycles. The fourth-order valence-corrected chi connectivity index (χ4v) is 2.08. The van der Waals surface area contributed by atoms with Crippen molar-refractivity contribution in [2.24, 2.45) is 0 Å². The van der Waals surface area contributed by atoms with Crippen molar-refractivity contribution in [3.05, 3.63) is 41.2 Å². The molecule has 1 nitrogen and oxygen atoms in total. The van der Waals surface area contributed by atoms with Gasteiger partial charge in [-0.1, -0.05) is 12.1 Å². The lowest BCUT2D eigenvalue weighted by Gasteiger charge is -2.16. The Morgan fingerprint density at radius 3 is 2.50 bits per heavy atom. The molecule has 0 saturated heterocycles. The van der Waals surface area contributed by atoms with Gasteiger partial charge in [-0.2, -0.15) is 8.78 Å². The van der Waals surface area contributed by atoms with Crippen LogP contribution < -0.4 is 0 Å². The van der Waals surface area contributed by atoms with Crippen molar-refractivity contribution >= 4 is 5.57 Å². The van der Waals surface area contributed by atoms with E-state index in [-0.39, 0.29) is 0 Å². The largest absolute Gasteiger partial charge is 0.413 e. The molecule has 1 aromatic rings. The SMILES string of the molecule is FOC(F)(F)c1ccc(C2=CCCCC2)c(F)c1. The maximum absolute atomic E-state index is 13.7. The molecular weight excluding hydrogens is 248 g/mol. The van der Waals surface area contributed by atoms with Crippen LogP contribution in [-0.4, -0.2) is 0 Å². The first-order valence-corrected chi connectivity index (χ1v) is 5.71. The van der Waals surface area contributed by atoms with E-state index in [1.165, 1.54) is 6.07 Å². The molecule has 98 valence electrons. The van der Waals surface area contributed by atoms with E-state index in [0.29, 0.717) is 11.6 Å². The molecule has 0 saturated carbocycles. The molecule has 0 fully saturated rings. The predicted octanol–water partition coefficient (Wildman–Crippen LogP) is 4.73. The monoisotopic (exact) mass is 260 g/mol. The molecule has 1 aliphatic rings. The molecule has 5 heteroatoms. The van der Waals surface area contributed by atoms with Crippen LogP contribution in [0, 0.1) is 5.82 Å². The van der Waals surface area contributed by atoms with Gasteiger partial charge in [0.15, 0.2) is 0 Å². The Morgan fingerprint density at radius 2 is 1.94 bits per heavy atom. The standard InChI is InChI=1S/C13H12F4O/c14-12-8-10(13(15,16)18-17)6-7-11(12)9-4-2-1-3-5-9/h4,6-8H,1-3,5H2. The van der Waals surface area contributed by atoms with E-state index < -0.39 is 17.5 Å². The molecule has 0 N–H and O–H groups in total. The van der Waals surface area contributed by atoms with Crippen LogP contribution in [0.5, 0.6) is 0 Å². The molecule has 0 atom stereocenters. The molecule has 0 unspecified atom stereocenters. The molecule has 2 rings (SSSR count). The predicted molar refractivity (Wildman–Crippen MR) is 58.9 cm³/mol. The Balaban J connectivity index is 2.33. The summed E-state index contributed by atoms with van der Waals surface area (Å²) in [7, 11) is 0. The zero-order chi connectivity index (χ0) is 13.2. The van der Waals surface area contributed by atoms with Crippen LogP contribution in [-0.2, 0) is 11.1 Å². The summed E-state index contributed by atoms with van der Waals surface area (Å²) < 4.78 is 51.1. The Morgan fingerprint density at radius 1 is 1.17 bits per heavy atom. The summed E-state index contributed by atoms with van der Waals surface area (Å²) in [6, 6.07) is 2.84. The molecule has 0 radical (unpaired) electrons. The van der Waals surface area contributed by atoms with E-state index in [2.05, 4.69) is 4.94 Å². The van der Waals surface area contributed by atoms with Gasteiger partial charge in [0.2, 0.25) is 0 Å². The summed E-state index contributed by atoms with van der Waals surface area (Å²) in [4.78, 5) is 2.55. The van der Waals surface area contributed by atoms with Gasteiger partial charge in [0, 0.05) is 5.56 Å². The fraction of sp³-hybridized carbons (Fsp3) is 0.385. The summed E-state index contributed by atoms with van der Waals surface area (Å²) in [6.07, 6.45) is 1.39. The second kappa shape index (κ2) is 5.10. The smallest absolute Gasteiger partial charge is 0.206 e. The minimum absolute atomic E-state index is 0.299. The summed E-state index contributed by atoms with van der Waals surface area (Å²) in [5, 5.41) is 0. The molecule has 0 spiro atoms. The lowest BCUT2D eigenvalue weighted by Crippen LogP contribution is -2.14. The average Bonchev–Trinajstić information content (AvgIpc) is 2.39. The Hall–Kier alpha value is -1.36. The third-order valence-corrected chi connectivity index (χ3v) is 3.04. The Kier molecular flexibility index (Phi) is 3.71. The minimum atomic E-state index is -4.11. The number of rotatable bonds is 3. The number of alkyl halides is 2. The maximum atomic E-state index is 13.7.